The molecule has 0 N–H and O–H groups in total. The molecule has 0 aliphatic heterocycles. The van der Waals surface area contributed by atoms with E-state index < -0.39 is 5.82 Å². The van der Waals surface area contributed by atoms with Gasteiger partial charge in [-0.1, -0.05) is 0 Å². The van der Waals surface area contributed by atoms with Crippen LogP contribution in [-0.2, 0) is 0 Å². The van der Waals surface area contributed by atoms with Crippen LogP contribution in [0, 0.1) is 5.82 Å². The van der Waals surface area contributed by atoms with E-state index in [0.717, 1.165) is 0 Å². The van der Waals surface area contributed by atoms with Gasteiger partial charge in [0.05, 0.1) is 17.8 Å². The third-order valence-electron chi connectivity index (χ3n) is 1.66. The first-order chi connectivity index (χ1) is 6.63. The van der Waals surface area contributed by atoms with Crippen LogP contribution in [0.3, 0.4) is 0 Å². The molecule has 0 atom stereocenters. The molecule has 0 fully saturated rings. The highest BCUT2D eigenvalue weighted by molar-refractivity contribution is 9.10. The Bertz CT molecular complexity index is 501. The number of hydrogen-bond donors (Lipinski definition) is 0. The molecule has 0 bridgehead atoms. The van der Waals surface area contributed by atoms with E-state index in [1.165, 1.54) is 17.8 Å². The lowest BCUT2D eigenvalue weighted by molar-refractivity contribution is 0.399. The first-order valence-electron chi connectivity index (χ1n) is 3.57. The molecule has 0 saturated heterocycles. The van der Waals surface area contributed by atoms with Crippen LogP contribution in [0.2, 0.25) is 5.28 Å². The van der Waals surface area contributed by atoms with Crippen molar-refractivity contribution >= 4 is 33.0 Å². The van der Waals surface area contributed by atoms with Gasteiger partial charge in [0.15, 0.2) is 5.82 Å². The monoisotopic (exact) mass is 279 g/mol. The fourth-order valence-electron chi connectivity index (χ4n) is 1.10. The molecule has 7 heteroatoms. The predicted octanol–water partition coefficient (Wildman–Crippen LogP) is 2.29. The Kier molecular flexibility index (Phi) is 2.32. The van der Waals surface area contributed by atoms with Crippen molar-refractivity contribution < 1.29 is 9.13 Å². The number of hydrogen-bond acceptors (Lipinski definition) is 3. The third kappa shape index (κ3) is 1.34. The zero-order valence-electron chi connectivity index (χ0n) is 6.96. The molecule has 0 aromatic carbocycles. The topological polar surface area (TPSA) is 39.4 Å². The van der Waals surface area contributed by atoms with E-state index in [-0.39, 0.29) is 15.6 Å². The summed E-state index contributed by atoms with van der Waals surface area (Å²) in [6.45, 7) is 0. The first-order valence-corrected chi connectivity index (χ1v) is 4.74. The maximum absolute atomic E-state index is 13.1. The molecule has 4 nitrogen and oxygen atoms in total. The molecule has 14 heavy (non-hydrogen) atoms. The van der Waals surface area contributed by atoms with E-state index in [2.05, 4.69) is 26.0 Å². The van der Waals surface area contributed by atoms with Crippen molar-refractivity contribution in [2.24, 2.45) is 0 Å². The molecule has 2 aromatic heterocycles. The zero-order valence-corrected chi connectivity index (χ0v) is 9.30. The fourth-order valence-corrected chi connectivity index (χ4v) is 1.72. The summed E-state index contributed by atoms with van der Waals surface area (Å²) in [4.78, 5) is 3.81. The number of nitrogens with zero attached hydrogens (tertiary/aromatic N) is 3. The summed E-state index contributed by atoms with van der Waals surface area (Å²) in [5.41, 5.74) is 0.411. The van der Waals surface area contributed by atoms with Crippen LogP contribution in [0.25, 0.3) is 5.52 Å². The number of methoxy groups -OCH3 is 1. The molecule has 2 heterocycles. The average molecular weight is 280 g/mol. The van der Waals surface area contributed by atoms with Crippen LogP contribution in [0.5, 0.6) is 5.88 Å². The standard InChI is InChI=1S/C7H4BrClFN3O/c1-14-6-5-4(8)3(10)2-13(5)12-7(9)11-6/h2H,1H3. The van der Waals surface area contributed by atoms with Gasteiger partial charge in [0.25, 0.3) is 0 Å². The average Bonchev–Trinajstić information content (AvgIpc) is 2.41. The number of halogens is 3. The summed E-state index contributed by atoms with van der Waals surface area (Å²) in [5.74, 6) is -0.222. The van der Waals surface area contributed by atoms with Crippen molar-refractivity contribution in [2.75, 3.05) is 7.11 Å². The van der Waals surface area contributed by atoms with Crippen LogP contribution in [0.15, 0.2) is 10.7 Å². The molecule has 0 saturated carbocycles. The summed E-state index contributed by atoms with van der Waals surface area (Å²) in [7, 11) is 1.43. The Morgan fingerprint density at radius 2 is 2.36 bits per heavy atom. The molecule has 0 unspecified atom stereocenters. The first kappa shape index (κ1) is 9.67. The second kappa shape index (κ2) is 3.36. The van der Waals surface area contributed by atoms with Gasteiger partial charge >= 0.3 is 0 Å². The van der Waals surface area contributed by atoms with Crippen molar-refractivity contribution in [2.45, 2.75) is 0 Å². The lowest BCUT2D eigenvalue weighted by atomic mass is 10.5. The SMILES string of the molecule is COc1nc(Cl)nn2cc(F)c(Br)c12. The Labute approximate surface area is 91.8 Å². The highest BCUT2D eigenvalue weighted by Crippen LogP contribution is 2.29. The highest BCUT2D eigenvalue weighted by Gasteiger charge is 2.15. The van der Waals surface area contributed by atoms with Crippen molar-refractivity contribution in [3.8, 4) is 5.88 Å². The fraction of sp³-hybridized carbons (Fsp3) is 0.143. The van der Waals surface area contributed by atoms with E-state index >= 15 is 0 Å². The summed E-state index contributed by atoms with van der Waals surface area (Å²) >= 11 is 8.67. The predicted molar refractivity (Wildman–Crippen MR) is 52.2 cm³/mol. The lowest BCUT2D eigenvalue weighted by Gasteiger charge is -2.01. The third-order valence-corrected chi connectivity index (χ3v) is 2.58. The Morgan fingerprint density at radius 1 is 1.64 bits per heavy atom. The minimum absolute atomic E-state index is 0.00292. The summed E-state index contributed by atoms with van der Waals surface area (Å²) in [5, 5.41) is 3.78. The molecular formula is C7H4BrClFN3O. The molecule has 0 radical (unpaired) electrons. The van der Waals surface area contributed by atoms with Gasteiger partial charge in [0, 0.05) is 0 Å². The second-order valence-corrected chi connectivity index (χ2v) is 3.61. The maximum atomic E-state index is 13.1. The van der Waals surface area contributed by atoms with Gasteiger partial charge in [-0.2, -0.15) is 4.98 Å². The molecule has 2 aromatic rings. The number of fused-ring (bicyclic) bond motifs is 1. The smallest absolute Gasteiger partial charge is 0.244 e. The Morgan fingerprint density at radius 3 is 3.00 bits per heavy atom. The van der Waals surface area contributed by atoms with Crippen LogP contribution >= 0.6 is 27.5 Å². The van der Waals surface area contributed by atoms with Gasteiger partial charge in [0.2, 0.25) is 11.2 Å². The largest absolute Gasteiger partial charge is 0.479 e. The van der Waals surface area contributed by atoms with Crippen molar-refractivity contribution in [1.29, 1.82) is 0 Å². The zero-order chi connectivity index (χ0) is 10.3. The number of aromatic nitrogens is 3. The van der Waals surface area contributed by atoms with Gasteiger partial charge in [-0.25, -0.2) is 8.91 Å². The van der Waals surface area contributed by atoms with Gasteiger partial charge in [0.1, 0.15) is 5.52 Å². The quantitative estimate of drug-likeness (QED) is 0.804. The summed E-state index contributed by atoms with van der Waals surface area (Å²) < 4.78 is 19.6. The van der Waals surface area contributed by atoms with Crippen molar-refractivity contribution in [3.05, 3.63) is 21.8 Å². The minimum atomic E-state index is -0.445. The molecular weight excluding hydrogens is 276 g/mol. The Hall–Kier alpha value is -0.880. The van der Waals surface area contributed by atoms with Crippen LogP contribution in [-0.4, -0.2) is 21.7 Å². The molecule has 2 rings (SSSR count). The maximum Gasteiger partial charge on any atom is 0.244 e. The molecule has 0 amide bonds. The van der Waals surface area contributed by atoms with Crippen LogP contribution in [0.4, 0.5) is 4.39 Å². The lowest BCUT2D eigenvalue weighted by Crippen LogP contribution is -1.97. The number of ether oxygens (including phenoxy) is 1. The molecule has 0 aliphatic rings. The van der Waals surface area contributed by atoms with E-state index in [0.29, 0.717) is 5.52 Å². The van der Waals surface area contributed by atoms with Gasteiger partial charge in [-0.05, 0) is 27.5 Å². The van der Waals surface area contributed by atoms with Crippen molar-refractivity contribution in [1.82, 2.24) is 14.6 Å². The van der Waals surface area contributed by atoms with E-state index in [1.54, 1.807) is 0 Å². The van der Waals surface area contributed by atoms with Crippen LogP contribution < -0.4 is 4.74 Å². The van der Waals surface area contributed by atoms with Gasteiger partial charge in [-0.15, -0.1) is 5.10 Å². The van der Waals surface area contributed by atoms with E-state index in [1.807, 2.05) is 0 Å². The van der Waals surface area contributed by atoms with Crippen LogP contribution in [0.1, 0.15) is 0 Å². The normalized spacial score (nSPS) is 10.9. The van der Waals surface area contributed by atoms with Gasteiger partial charge < -0.3 is 4.74 Å². The van der Waals surface area contributed by atoms with Gasteiger partial charge in [-0.3, -0.25) is 0 Å². The molecule has 74 valence electrons. The second-order valence-electron chi connectivity index (χ2n) is 2.47. The summed E-state index contributed by atoms with van der Waals surface area (Å²) in [6, 6.07) is 0. The minimum Gasteiger partial charge on any atom is -0.479 e. The molecule has 0 spiro atoms. The summed E-state index contributed by atoms with van der Waals surface area (Å²) in [6.07, 6.45) is 1.19. The highest BCUT2D eigenvalue weighted by atomic mass is 79.9. The van der Waals surface area contributed by atoms with E-state index in [4.69, 9.17) is 16.3 Å². The van der Waals surface area contributed by atoms with Crippen molar-refractivity contribution in [3.63, 3.8) is 0 Å². The Balaban J connectivity index is 2.88. The van der Waals surface area contributed by atoms with E-state index in [9.17, 15) is 4.39 Å². The number of rotatable bonds is 1. The molecule has 0 aliphatic carbocycles.